The molecule has 0 radical (unpaired) electrons. The monoisotopic (exact) mass is 534 g/mol. The van der Waals surface area contributed by atoms with Gasteiger partial charge in [-0.05, 0) is 67.1 Å². The molecule has 192 valence electrons. The molecular formula is C30H31ClN2O3S. The van der Waals surface area contributed by atoms with E-state index in [9.17, 15) is 4.79 Å². The number of fused-ring (bicyclic) bond motifs is 1. The van der Waals surface area contributed by atoms with Crippen LogP contribution in [0.15, 0.2) is 66.7 Å². The van der Waals surface area contributed by atoms with Crippen molar-refractivity contribution < 1.29 is 14.3 Å². The summed E-state index contributed by atoms with van der Waals surface area (Å²) in [5.74, 6) is 1.56. The quantitative estimate of drug-likeness (QED) is 0.273. The third-order valence-electron chi connectivity index (χ3n) is 7.19. The van der Waals surface area contributed by atoms with Gasteiger partial charge in [-0.15, -0.1) is 11.3 Å². The second-order valence-electron chi connectivity index (χ2n) is 9.51. The molecule has 1 heterocycles. The van der Waals surface area contributed by atoms with Crippen LogP contribution in [0, 0.1) is 0 Å². The van der Waals surface area contributed by atoms with Crippen LogP contribution in [0.4, 0.5) is 0 Å². The molecule has 1 saturated carbocycles. The minimum Gasteiger partial charge on any atom is -0.497 e. The van der Waals surface area contributed by atoms with E-state index in [-0.39, 0.29) is 18.0 Å². The number of hydrogen-bond donors (Lipinski definition) is 1. The number of rotatable bonds is 7. The Morgan fingerprint density at radius 2 is 1.73 bits per heavy atom. The first-order valence-corrected chi connectivity index (χ1v) is 13.7. The third kappa shape index (κ3) is 5.33. The van der Waals surface area contributed by atoms with Gasteiger partial charge in [0.1, 0.15) is 16.4 Å². The first kappa shape index (κ1) is 25.6. The van der Waals surface area contributed by atoms with Gasteiger partial charge in [0, 0.05) is 34.3 Å². The summed E-state index contributed by atoms with van der Waals surface area (Å²) in [5, 5.41) is 1.46. The molecule has 1 fully saturated rings. The van der Waals surface area contributed by atoms with Crippen LogP contribution in [0.3, 0.4) is 0 Å². The number of carbonyl (C=O) groups is 1. The van der Waals surface area contributed by atoms with E-state index in [2.05, 4.69) is 6.07 Å². The zero-order valence-electron chi connectivity index (χ0n) is 21.1. The normalized spacial score (nSPS) is 17.5. The van der Waals surface area contributed by atoms with Crippen molar-refractivity contribution in [1.29, 1.82) is 0 Å². The van der Waals surface area contributed by atoms with Crippen LogP contribution in [-0.4, -0.2) is 37.1 Å². The molecular weight excluding hydrogens is 504 g/mol. The minimum absolute atomic E-state index is 0.0199. The standard InChI is InChI=1S/C30H31ClN2O3S/c1-35-23-14-8-20(9-15-23)25-17-19(7-16-26(25)36-2)18-33(22-12-10-21(32)11-13-22)30(34)29-28(31)24-5-3-4-6-27(24)37-29/h3-9,14-17,21-22H,10-13,18,32H2,1-2H3. The van der Waals surface area contributed by atoms with Gasteiger partial charge in [-0.1, -0.05) is 48.0 Å². The second kappa shape index (κ2) is 11.1. The van der Waals surface area contributed by atoms with Crippen LogP contribution < -0.4 is 15.2 Å². The van der Waals surface area contributed by atoms with Crippen molar-refractivity contribution in [2.45, 2.75) is 44.3 Å². The molecule has 1 aromatic heterocycles. The van der Waals surface area contributed by atoms with Gasteiger partial charge in [-0.25, -0.2) is 0 Å². The van der Waals surface area contributed by atoms with Crippen molar-refractivity contribution in [3.63, 3.8) is 0 Å². The van der Waals surface area contributed by atoms with E-state index in [1.54, 1.807) is 14.2 Å². The summed E-state index contributed by atoms with van der Waals surface area (Å²) in [6.07, 6.45) is 3.59. The van der Waals surface area contributed by atoms with Gasteiger partial charge in [-0.3, -0.25) is 4.79 Å². The lowest BCUT2D eigenvalue weighted by Gasteiger charge is -2.36. The van der Waals surface area contributed by atoms with Crippen molar-refractivity contribution in [2.75, 3.05) is 14.2 Å². The molecule has 7 heteroatoms. The number of benzene rings is 3. The second-order valence-corrected chi connectivity index (χ2v) is 10.9. The van der Waals surface area contributed by atoms with Crippen LogP contribution in [-0.2, 0) is 6.54 Å². The maximum absolute atomic E-state index is 14.1. The molecule has 0 saturated heterocycles. The summed E-state index contributed by atoms with van der Waals surface area (Å²) < 4.78 is 12.0. The van der Waals surface area contributed by atoms with Crippen molar-refractivity contribution in [3.05, 3.63) is 82.2 Å². The Hall–Kier alpha value is -3.06. The fraction of sp³-hybridized carbons (Fsp3) is 0.300. The van der Waals surface area contributed by atoms with E-state index in [0.29, 0.717) is 16.4 Å². The van der Waals surface area contributed by atoms with E-state index >= 15 is 0 Å². The molecule has 3 aromatic carbocycles. The number of nitrogens with two attached hydrogens (primary N) is 1. The highest BCUT2D eigenvalue weighted by Crippen LogP contribution is 2.38. The first-order chi connectivity index (χ1) is 18.0. The molecule has 0 unspecified atom stereocenters. The highest BCUT2D eigenvalue weighted by atomic mass is 35.5. The smallest absolute Gasteiger partial charge is 0.266 e. The van der Waals surface area contributed by atoms with Crippen molar-refractivity contribution in [1.82, 2.24) is 4.90 Å². The number of nitrogens with zero attached hydrogens (tertiary/aromatic N) is 1. The van der Waals surface area contributed by atoms with Crippen LogP contribution in [0.25, 0.3) is 21.2 Å². The maximum atomic E-state index is 14.1. The largest absolute Gasteiger partial charge is 0.497 e. The summed E-state index contributed by atoms with van der Waals surface area (Å²) in [6.45, 7) is 0.483. The van der Waals surface area contributed by atoms with Gasteiger partial charge >= 0.3 is 0 Å². The Morgan fingerprint density at radius 3 is 2.41 bits per heavy atom. The van der Waals surface area contributed by atoms with Crippen LogP contribution in [0.1, 0.15) is 40.9 Å². The molecule has 37 heavy (non-hydrogen) atoms. The lowest BCUT2D eigenvalue weighted by Crippen LogP contribution is -2.43. The number of thiophene rings is 1. The predicted molar refractivity (Wildman–Crippen MR) is 152 cm³/mol. The van der Waals surface area contributed by atoms with E-state index < -0.39 is 0 Å². The summed E-state index contributed by atoms with van der Waals surface area (Å²) in [7, 11) is 3.33. The zero-order chi connectivity index (χ0) is 25.9. The molecule has 1 aliphatic carbocycles. The molecule has 0 bridgehead atoms. The average molecular weight is 535 g/mol. The molecule has 4 aromatic rings. The molecule has 5 rings (SSSR count). The SMILES string of the molecule is COc1ccc(-c2cc(CN(C(=O)c3sc4ccccc4c3Cl)C3CCC(N)CC3)ccc2OC)cc1. The van der Waals surface area contributed by atoms with Gasteiger partial charge < -0.3 is 20.1 Å². The molecule has 1 amide bonds. The lowest BCUT2D eigenvalue weighted by atomic mass is 9.90. The number of hydrogen-bond acceptors (Lipinski definition) is 5. The van der Waals surface area contributed by atoms with Crippen molar-refractivity contribution >= 4 is 38.9 Å². The average Bonchev–Trinajstić information content (AvgIpc) is 3.28. The number of methoxy groups -OCH3 is 2. The number of ether oxygens (including phenoxy) is 2. The first-order valence-electron chi connectivity index (χ1n) is 12.5. The van der Waals surface area contributed by atoms with Gasteiger partial charge in [0.15, 0.2) is 0 Å². The van der Waals surface area contributed by atoms with Crippen molar-refractivity contribution in [2.24, 2.45) is 5.73 Å². The lowest BCUT2D eigenvalue weighted by molar-refractivity contribution is 0.0611. The summed E-state index contributed by atoms with van der Waals surface area (Å²) in [6, 6.07) is 22.2. The predicted octanol–water partition coefficient (Wildman–Crippen LogP) is 7.15. The Balaban J connectivity index is 1.50. The van der Waals surface area contributed by atoms with E-state index in [4.69, 9.17) is 26.8 Å². The van der Waals surface area contributed by atoms with Crippen LogP contribution >= 0.6 is 22.9 Å². The van der Waals surface area contributed by atoms with Crippen molar-refractivity contribution in [3.8, 4) is 22.6 Å². The van der Waals surface area contributed by atoms with Gasteiger partial charge in [0.25, 0.3) is 5.91 Å². The molecule has 0 spiro atoms. The molecule has 1 aliphatic rings. The Kier molecular flexibility index (Phi) is 7.70. The topological polar surface area (TPSA) is 64.8 Å². The Morgan fingerprint density at radius 1 is 1.00 bits per heavy atom. The molecule has 5 nitrogen and oxygen atoms in total. The fourth-order valence-corrected chi connectivity index (χ4v) is 6.58. The minimum atomic E-state index is -0.0199. The van der Waals surface area contributed by atoms with E-state index in [1.807, 2.05) is 65.6 Å². The highest BCUT2D eigenvalue weighted by Gasteiger charge is 2.31. The fourth-order valence-electron chi connectivity index (χ4n) is 5.11. The molecule has 0 aliphatic heterocycles. The van der Waals surface area contributed by atoms with Crippen LogP contribution in [0.5, 0.6) is 11.5 Å². The number of halogens is 1. The third-order valence-corrected chi connectivity index (χ3v) is 8.85. The number of amides is 1. The van der Waals surface area contributed by atoms with Gasteiger partial charge in [-0.2, -0.15) is 0 Å². The Bertz CT molecular complexity index is 1390. The van der Waals surface area contributed by atoms with Gasteiger partial charge in [0.2, 0.25) is 0 Å². The molecule has 0 atom stereocenters. The Labute approximate surface area is 226 Å². The number of carbonyl (C=O) groups excluding carboxylic acids is 1. The maximum Gasteiger partial charge on any atom is 0.266 e. The summed E-state index contributed by atoms with van der Waals surface area (Å²) >= 11 is 8.21. The van der Waals surface area contributed by atoms with Crippen LogP contribution in [0.2, 0.25) is 5.02 Å². The van der Waals surface area contributed by atoms with E-state index in [0.717, 1.165) is 64.0 Å². The zero-order valence-corrected chi connectivity index (χ0v) is 22.6. The van der Waals surface area contributed by atoms with Gasteiger partial charge in [0.05, 0.1) is 19.2 Å². The molecule has 2 N–H and O–H groups in total. The highest BCUT2D eigenvalue weighted by molar-refractivity contribution is 7.21. The summed E-state index contributed by atoms with van der Waals surface area (Å²) in [5.41, 5.74) is 9.23. The summed E-state index contributed by atoms with van der Waals surface area (Å²) in [4.78, 5) is 16.7. The van der Waals surface area contributed by atoms with E-state index in [1.165, 1.54) is 11.3 Å².